The van der Waals surface area contributed by atoms with Crippen LogP contribution in [0.4, 0.5) is 5.82 Å². The van der Waals surface area contributed by atoms with Crippen molar-refractivity contribution in [3.8, 4) is 0 Å². The van der Waals surface area contributed by atoms with Gasteiger partial charge in [-0.25, -0.2) is 10.8 Å². The van der Waals surface area contributed by atoms with E-state index in [1.165, 1.54) is 0 Å². The summed E-state index contributed by atoms with van der Waals surface area (Å²) in [5.41, 5.74) is 9.79. The van der Waals surface area contributed by atoms with Gasteiger partial charge in [0.2, 0.25) is 5.91 Å². The van der Waals surface area contributed by atoms with E-state index in [9.17, 15) is 4.79 Å². The van der Waals surface area contributed by atoms with Crippen LogP contribution in [0.15, 0.2) is 47.5 Å². The number of carbonyl (C=O) groups is 1. The molecule has 1 aromatic carbocycles. The highest BCUT2D eigenvalue weighted by molar-refractivity contribution is 7.98. The number of benzene rings is 1. The van der Waals surface area contributed by atoms with Crippen LogP contribution in [0.1, 0.15) is 11.1 Å². The molecule has 0 radical (unpaired) electrons. The molecule has 0 fully saturated rings. The van der Waals surface area contributed by atoms with E-state index in [0.29, 0.717) is 5.82 Å². The summed E-state index contributed by atoms with van der Waals surface area (Å²) in [5.74, 6) is 6.20. The quantitative estimate of drug-likeness (QED) is 0.335. The minimum atomic E-state index is -0.198. The van der Waals surface area contributed by atoms with Crippen LogP contribution in [-0.4, -0.2) is 10.9 Å². The molecule has 1 aromatic heterocycles. The number of hydrogen-bond acceptors (Lipinski definition) is 5. The third kappa shape index (κ3) is 3.97. The Bertz CT molecular complexity index is 586. The highest BCUT2D eigenvalue weighted by atomic mass is 32.2. The maximum atomic E-state index is 11.4. The summed E-state index contributed by atoms with van der Waals surface area (Å²) in [7, 11) is 0. The van der Waals surface area contributed by atoms with Gasteiger partial charge in [-0.1, -0.05) is 24.3 Å². The van der Waals surface area contributed by atoms with Crippen LogP contribution in [0.5, 0.6) is 0 Å². The predicted octanol–water partition coefficient (Wildman–Crippen LogP) is 1.49. The van der Waals surface area contributed by atoms with Gasteiger partial charge >= 0.3 is 0 Å². The second-order valence-electron chi connectivity index (χ2n) is 4.22. The van der Waals surface area contributed by atoms with Gasteiger partial charge in [-0.2, -0.15) is 0 Å². The lowest BCUT2D eigenvalue weighted by Crippen LogP contribution is -2.31. The molecule has 20 heavy (non-hydrogen) atoms. The third-order valence-corrected chi connectivity index (χ3v) is 3.81. The van der Waals surface area contributed by atoms with Gasteiger partial charge in [-0.3, -0.25) is 10.2 Å². The number of hydrogen-bond donors (Lipinski definition) is 3. The van der Waals surface area contributed by atoms with Crippen LogP contribution in [0.2, 0.25) is 0 Å². The van der Waals surface area contributed by atoms with E-state index in [-0.39, 0.29) is 12.3 Å². The number of nitrogens with two attached hydrogens (primary N) is 2. The Hall–Kier alpha value is -2.05. The van der Waals surface area contributed by atoms with E-state index < -0.39 is 0 Å². The highest BCUT2D eigenvalue weighted by Gasteiger charge is 2.07. The molecule has 5 nitrogen and oxygen atoms in total. The molecule has 0 atom stereocenters. The molecule has 0 aliphatic carbocycles. The first-order valence-corrected chi connectivity index (χ1v) is 7.08. The number of anilines is 1. The van der Waals surface area contributed by atoms with Crippen molar-refractivity contribution < 1.29 is 4.79 Å². The zero-order chi connectivity index (χ0) is 14.4. The van der Waals surface area contributed by atoms with Crippen molar-refractivity contribution in [2.24, 2.45) is 5.84 Å². The maximum absolute atomic E-state index is 11.4. The second-order valence-corrected chi connectivity index (χ2v) is 5.27. The summed E-state index contributed by atoms with van der Waals surface area (Å²) in [6.07, 6.45) is 2.03. The number of nitrogens with zero attached hydrogens (tertiary/aromatic N) is 1. The molecule has 0 saturated carbocycles. The molecule has 0 aliphatic heterocycles. The second kappa shape index (κ2) is 6.93. The number of carbonyl (C=O) groups excluding carboxylic acids is 1. The van der Waals surface area contributed by atoms with E-state index in [2.05, 4.69) is 10.4 Å². The van der Waals surface area contributed by atoms with Gasteiger partial charge in [0.1, 0.15) is 5.82 Å². The molecule has 1 amide bonds. The average molecular weight is 288 g/mol. The van der Waals surface area contributed by atoms with Gasteiger partial charge in [0.25, 0.3) is 0 Å². The maximum Gasteiger partial charge on any atom is 0.238 e. The predicted molar refractivity (Wildman–Crippen MR) is 80.7 cm³/mol. The Morgan fingerprint density at radius 2 is 1.95 bits per heavy atom. The van der Waals surface area contributed by atoms with Crippen molar-refractivity contribution in [3.05, 3.63) is 53.7 Å². The van der Waals surface area contributed by atoms with Gasteiger partial charge in [-0.15, -0.1) is 11.8 Å². The molecule has 0 aliphatic rings. The number of aromatic nitrogens is 1. The van der Waals surface area contributed by atoms with Gasteiger partial charge in [0, 0.05) is 16.8 Å². The van der Waals surface area contributed by atoms with Crippen molar-refractivity contribution >= 4 is 23.5 Å². The monoisotopic (exact) mass is 288 g/mol. The van der Waals surface area contributed by atoms with Crippen molar-refractivity contribution in [2.45, 2.75) is 17.1 Å². The van der Waals surface area contributed by atoms with Gasteiger partial charge in [0.05, 0.1) is 6.42 Å². The Kier molecular flexibility index (Phi) is 4.97. The molecule has 6 heteroatoms. The van der Waals surface area contributed by atoms with Crippen molar-refractivity contribution in [2.75, 3.05) is 5.73 Å². The molecule has 0 bridgehead atoms. The summed E-state index contributed by atoms with van der Waals surface area (Å²) in [5, 5.41) is 0. The Balaban J connectivity index is 2.05. The lowest BCUT2D eigenvalue weighted by Gasteiger charge is -2.08. The fourth-order valence-corrected chi connectivity index (χ4v) is 2.63. The molecule has 1 heterocycles. The Morgan fingerprint density at radius 3 is 2.60 bits per heavy atom. The first kappa shape index (κ1) is 14.4. The molecule has 0 unspecified atom stereocenters. The SMILES string of the molecule is NNC(=O)Cc1ccccc1CSc1ccc(N)nc1. The lowest BCUT2D eigenvalue weighted by molar-refractivity contribution is -0.120. The number of hydrazine groups is 1. The smallest absolute Gasteiger partial charge is 0.238 e. The highest BCUT2D eigenvalue weighted by Crippen LogP contribution is 2.24. The lowest BCUT2D eigenvalue weighted by atomic mass is 10.1. The first-order valence-electron chi connectivity index (χ1n) is 6.09. The number of amides is 1. The standard InChI is InChI=1S/C14H16N4OS/c15-13-6-5-12(8-17-13)20-9-11-4-2-1-3-10(11)7-14(19)18-16/h1-6,8H,7,9,16H2,(H2,15,17)(H,18,19). The van der Waals surface area contributed by atoms with E-state index in [4.69, 9.17) is 11.6 Å². The van der Waals surface area contributed by atoms with Crippen LogP contribution < -0.4 is 17.0 Å². The fraction of sp³-hybridized carbons (Fsp3) is 0.143. The first-order chi connectivity index (χ1) is 9.69. The van der Waals surface area contributed by atoms with E-state index >= 15 is 0 Å². The minimum absolute atomic E-state index is 0.198. The van der Waals surface area contributed by atoms with Crippen LogP contribution in [0.25, 0.3) is 0 Å². The van der Waals surface area contributed by atoms with E-state index in [1.54, 1.807) is 24.0 Å². The zero-order valence-corrected chi connectivity index (χ0v) is 11.7. The molecule has 104 valence electrons. The fourth-order valence-electron chi connectivity index (χ4n) is 1.73. The molecule has 2 rings (SSSR count). The number of thioether (sulfide) groups is 1. The zero-order valence-electron chi connectivity index (χ0n) is 10.9. The van der Waals surface area contributed by atoms with Crippen LogP contribution in [0, 0.1) is 0 Å². The summed E-state index contributed by atoms with van der Waals surface area (Å²) in [4.78, 5) is 16.5. The Labute approximate surface area is 121 Å². The summed E-state index contributed by atoms with van der Waals surface area (Å²) in [6, 6.07) is 11.5. The number of pyridine rings is 1. The van der Waals surface area contributed by atoms with Crippen LogP contribution in [0.3, 0.4) is 0 Å². The molecule has 5 N–H and O–H groups in total. The summed E-state index contributed by atoms with van der Waals surface area (Å²) >= 11 is 1.65. The third-order valence-electron chi connectivity index (χ3n) is 2.78. The Morgan fingerprint density at radius 1 is 1.20 bits per heavy atom. The van der Waals surface area contributed by atoms with Crippen molar-refractivity contribution in [1.82, 2.24) is 10.4 Å². The molecular formula is C14H16N4OS. The number of nitrogen functional groups attached to an aromatic ring is 1. The number of rotatable bonds is 5. The largest absolute Gasteiger partial charge is 0.384 e. The summed E-state index contributed by atoms with van der Waals surface area (Å²) < 4.78 is 0. The summed E-state index contributed by atoms with van der Waals surface area (Å²) in [6.45, 7) is 0. The molecule has 0 saturated heterocycles. The van der Waals surface area contributed by atoms with Crippen LogP contribution in [-0.2, 0) is 17.0 Å². The van der Waals surface area contributed by atoms with E-state index in [0.717, 1.165) is 21.8 Å². The topological polar surface area (TPSA) is 94.0 Å². The molecule has 0 spiro atoms. The molecule has 2 aromatic rings. The van der Waals surface area contributed by atoms with Gasteiger partial charge < -0.3 is 5.73 Å². The number of nitrogens with one attached hydrogen (secondary N) is 1. The average Bonchev–Trinajstić information content (AvgIpc) is 2.48. The normalized spacial score (nSPS) is 10.2. The van der Waals surface area contributed by atoms with E-state index in [1.807, 2.05) is 30.3 Å². The van der Waals surface area contributed by atoms with Gasteiger partial charge in [0.15, 0.2) is 0 Å². The van der Waals surface area contributed by atoms with Gasteiger partial charge in [-0.05, 0) is 23.3 Å². The molecular weight excluding hydrogens is 272 g/mol. The minimum Gasteiger partial charge on any atom is -0.384 e. The van der Waals surface area contributed by atoms with Crippen LogP contribution >= 0.6 is 11.8 Å². The van der Waals surface area contributed by atoms with Crippen molar-refractivity contribution in [3.63, 3.8) is 0 Å². The van der Waals surface area contributed by atoms with Crippen molar-refractivity contribution in [1.29, 1.82) is 0 Å².